The molecule has 0 amide bonds. The highest BCUT2D eigenvalue weighted by Crippen LogP contribution is 2.07. The molecular formula is C13H11N3. The van der Waals surface area contributed by atoms with Gasteiger partial charge in [0.2, 0.25) is 0 Å². The van der Waals surface area contributed by atoms with Gasteiger partial charge in [-0.2, -0.15) is 10.2 Å². The molecule has 0 fully saturated rings. The average Bonchev–Trinajstić information content (AvgIpc) is 2.42. The molecule has 1 aromatic carbocycles. The van der Waals surface area contributed by atoms with Crippen LogP contribution < -0.4 is 0 Å². The third-order valence-electron chi connectivity index (χ3n) is 2.00. The lowest BCUT2D eigenvalue weighted by molar-refractivity contribution is 1.03. The fourth-order valence-corrected chi connectivity index (χ4v) is 1.27. The lowest BCUT2D eigenvalue weighted by Crippen LogP contribution is -1.73. The molecule has 0 saturated carbocycles. The van der Waals surface area contributed by atoms with Crippen molar-refractivity contribution in [3.05, 3.63) is 67.1 Å². The van der Waals surface area contributed by atoms with Crippen LogP contribution in [0.5, 0.6) is 0 Å². The first-order valence-electron chi connectivity index (χ1n) is 4.98. The Morgan fingerprint density at radius 1 is 0.625 bits per heavy atom. The molecule has 0 bridgehead atoms. The predicted octanol–water partition coefficient (Wildman–Crippen LogP) is 2.71. The molecule has 0 unspecified atom stereocenters. The number of benzene rings is 1. The molecule has 0 N–H and O–H groups in total. The fourth-order valence-electron chi connectivity index (χ4n) is 1.27. The highest BCUT2D eigenvalue weighted by Gasteiger charge is 1.86. The summed E-state index contributed by atoms with van der Waals surface area (Å²) in [4.78, 5) is 4.18. The maximum atomic E-state index is 4.18. The molecule has 3 nitrogen and oxygen atoms in total. The fraction of sp³-hybridized carbons (Fsp3) is 0. The summed E-state index contributed by atoms with van der Waals surface area (Å²) in [5.74, 6) is 0. The summed E-state index contributed by atoms with van der Waals surface area (Å²) in [7, 11) is 0. The molecule has 2 heterocycles. The number of nitrogens with zero attached hydrogens (tertiary/aromatic N) is 3. The second-order valence-corrected chi connectivity index (χ2v) is 3.11. The van der Waals surface area contributed by atoms with Gasteiger partial charge in [-0.05, 0) is 24.3 Å². The monoisotopic (exact) mass is 209 g/mol. The van der Waals surface area contributed by atoms with Crippen molar-refractivity contribution in [1.82, 2.24) is 15.2 Å². The molecule has 0 aliphatic heterocycles. The van der Waals surface area contributed by atoms with Crippen molar-refractivity contribution in [3.63, 3.8) is 0 Å². The van der Waals surface area contributed by atoms with E-state index in [0.717, 1.165) is 5.52 Å². The molecule has 0 aliphatic carbocycles. The second-order valence-electron chi connectivity index (χ2n) is 3.11. The van der Waals surface area contributed by atoms with Crippen molar-refractivity contribution < 1.29 is 0 Å². The van der Waals surface area contributed by atoms with Crippen molar-refractivity contribution in [3.8, 4) is 0 Å². The van der Waals surface area contributed by atoms with Crippen molar-refractivity contribution in [2.24, 2.45) is 0 Å². The van der Waals surface area contributed by atoms with Gasteiger partial charge < -0.3 is 0 Å². The van der Waals surface area contributed by atoms with Gasteiger partial charge >= 0.3 is 0 Å². The van der Waals surface area contributed by atoms with E-state index in [1.807, 2.05) is 42.6 Å². The van der Waals surface area contributed by atoms with Gasteiger partial charge in [-0.1, -0.05) is 24.3 Å². The smallest absolute Gasteiger partial charge is 0.0701 e. The van der Waals surface area contributed by atoms with E-state index in [2.05, 4.69) is 27.3 Å². The van der Waals surface area contributed by atoms with Crippen molar-refractivity contribution in [2.75, 3.05) is 0 Å². The average molecular weight is 209 g/mol. The van der Waals surface area contributed by atoms with E-state index in [0.29, 0.717) is 0 Å². The molecule has 78 valence electrons. The largest absolute Gasteiger partial charge is 0.256 e. The number of aromatic nitrogens is 3. The molecule has 3 rings (SSSR count). The second kappa shape index (κ2) is 5.56. The number of para-hydroxylation sites is 1. The zero-order chi connectivity index (χ0) is 11.1. The summed E-state index contributed by atoms with van der Waals surface area (Å²) < 4.78 is 0. The van der Waals surface area contributed by atoms with Crippen molar-refractivity contribution >= 4 is 10.9 Å². The van der Waals surface area contributed by atoms with Crippen LogP contribution in [0.25, 0.3) is 10.9 Å². The maximum absolute atomic E-state index is 4.18. The lowest BCUT2D eigenvalue weighted by Gasteiger charge is -1.91. The van der Waals surface area contributed by atoms with Crippen LogP contribution in [0.15, 0.2) is 67.1 Å². The number of hydrogen-bond acceptors (Lipinski definition) is 3. The van der Waals surface area contributed by atoms with E-state index in [-0.39, 0.29) is 0 Å². The van der Waals surface area contributed by atoms with Crippen LogP contribution in [-0.2, 0) is 0 Å². The Morgan fingerprint density at radius 3 is 1.94 bits per heavy atom. The van der Waals surface area contributed by atoms with Crippen LogP contribution >= 0.6 is 0 Å². The van der Waals surface area contributed by atoms with E-state index in [9.17, 15) is 0 Å². The first-order valence-corrected chi connectivity index (χ1v) is 4.98. The summed E-state index contributed by atoms with van der Waals surface area (Å²) >= 11 is 0. The Bertz CT molecular complexity index is 445. The molecule has 0 atom stereocenters. The number of rotatable bonds is 0. The van der Waals surface area contributed by atoms with E-state index < -0.39 is 0 Å². The van der Waals surface area contributed by atoms with Crippen molar-refractivity contribution in [1.29, 1.82) is 0 Å². The first-order chi connectivity index (χ1) is 7.97. The Labute approximate surface area is 93.8 Å². The van der Waals surface area contributed by atoms with Crippen LogP contribution in [0, 0.1) is 0 Å². The van der Waals surface area contributed by atoms with Gasteiger partial charge in [0.15, 0.2) is 0 Å². The van der Waals surface area contributed by atoms with E-state index in [1.54, 1.807) is 12.4 Å². The van der Waals surface area contributed by atoms with Gasteiger partial charge in [-0.15, -0.1) is 0 Å². The van der Waals surface area contributed by atoms with Gasteiger partial charge in [-0.25, -0.2) is 0 Å². The number of hydrogen-bond donors (Lipinski definition) is 0. The summed E-state index contributed by atoms with van der Waals surface area (Å²) in [6.07, 6.45) is 5.09. The van der Waals surface area contributed by atoms with Gasteiger partial charge in [0.1, 0.15) is 0 Å². The minimum atomic E-state index is 1.06. The normalized spacial score (nSPS) is 9.25. The van der Waals surface area contributed by atoms with Gasteiger partial charge in [-0.3, -0.25) is 4.98 Å². The van der Waals surface area contributed by atoms with E-state index >= 15 is 0 Å². The Morgan fingerprint density at radius 2 is 1.31 bits per heavy atom. The van der Waals surface area contributed by atoms with E-state index in [4.69, 9.17) is 0 Å². The minimum absolute atomic E-state index is 1.06. The molecule has 3 aromatic rings. The molecule has 2 aromatic heterocycles. The summed E-state index contributed by atoms with van der Waals surface area (Å²) in [5.41, 5.74) is 1.06. The van der Waals surface area contributed by atoms with Crippen LogP contribution in [0.4, 0.5) is 0 Å². The highest BCUT2D eigenvalue weighted by atomic mass is 15.1. The van der Waals surface area contributed by atoms with E-state index in [1.165, 1.54) is 5.39 Å². The molecule has 0 saturated heterocycles. The van der Waals surface area contributed by atoms with Crippen LogP contribution in [0.1, 0.15) is 0 Å². The van der Waals surface area contributed by atoms with Gasteiger partial charge in [0, 0.05) is 24.0 Å². The summed E-state index contributed by atoms with van der Waals surface area (Å²) in [6.45, 7) is 0. The first kappa shape index (κ1) is 10.2. The number of pyridine rings is 1. The summed E-state index contributed by atoms with van der Waals surface area (Å²) in [6, 6.07) is 15.7. The Hall–Kier alpha value is -2.29. The number of fused-ring (bicyclic) bond motifs is 1. The summed E-state index contributed by atoms with van der Waals surface area (Å²) in [5, 5.41) is 8.27. The molecule has 0 radical (unpaired) electrons. The lowest BCUT2D eigenvalue weighted by atomic mass is 10.2. The standard InChI is InChI=1S/C9H7N.C4H4N2/c1-2-6-9-8(4-1)5-3-7-10-9;1-2-4-6-5-3-1/h1-7H;1-4H. The third kappa shape index (κ3) is 2.85. The topological polar surface area (TPSA) is 38.7 Å². The molecule has 3 heteroatoms. The van der Waals surface area contributed by atoms with Crippen LogP contribution in [-0.4, -0.2) is 15.2 Å². The van der Waals surface area contributed by atoms with Crippen LogP contribution in [0.2, 0.25) is 0 Å². The zero-order valence-electron chi connectivity index (χ0n) is 8.69. The third-order valence-corrected chi connectivity index (χ3v) is 2.00. The maximum Gasteiger partial charge on any atom is 0.0701 e. The van der Waals surface area contributed by atoms with Crippen LogP contribution in [0.3, 0.4) is 0 Å². The molecule has 0 aliphatic rings. The quantitative estimate of drug-likeness (QED) is 0.571. The van der Waals surface area contributed by atoms with Crippen molar-refractivity contribution in [2.45, 2.75) is 0 Å². The minimum Gasteiger partial charge on any atom is -0.256 e. The Kier molecular flexibility index (Phi) is 3.55. The SMILES string of the molecule is c1ccc2ncccc2c1.c1ccnnc1. The van der Waals surface area contributed by atoms with Gasteiger partial charge in [0.05, 0.1) is 5.52 Å². The molecule has 0 spiro atoms. The zero-order valence-corrected chi connectivity index (χ0v) is 8.69. The predicted molar refractivity (Wildman–Crippen MR) is 63.8 cm³/mol. The molecule has 16 heavy (non-hydrogen) atoms. The Balaban J connectivity index is 0.000000138. The molecular weight excluding hydrogens is 198 g/mol. The highest BCUT2D eigenvalue weighted by molar-refractivity contribution is 5.77. The van der Waals surface area contributed by atoms with Gasteiger partial charge in [0.25, 0.3) is 0 Å².